The Morgan fingerprint density at radius 1 is 1.19 bits per heavy atom. The Hall–Kier alpha value is -2.54. The average molecular weight is 429 g/mol. The average Bonchev–Trinajstić information content (AvgIpc) is 2.96. The smallest absolute Gasteiger partial charge is 0.224 e. The van der Waals surface area contributed by atoms with Gasteiger partial charge in [0.1, 0.15) is 18.2 Å². The first-order valence-electron chi connectivity index (χ1n) is 10.9. The first kappa shape index (κ1) is 23.1. The van der Waals surface area contributed by atoms with Crippen molar-refractivity contribution in [3.05, 3.63) is 41.7 Å². The third-order valence-electron chi connectivity index (χ3n) is 5.86. The maximum atomic E-state index is 13.5. The minimum Gasteiger partial charge on any atom is -0.353 e. The van der Waals surface area contributed by atoms with Gasteiger partial charge in [0.2, 0.25) is 5.91 Å². The Labute approximate surface area is 183 Å². The van der Waals surface area contributed by atoms with Gasteiger partial charge in [0.15, 0.2) is 5.78 Å². The lowest BCUT2D eigenvalue weighted by Crippen LogP contribution is -2.40. The molecular weight excluding hydrogens is 395 g/mol. The van der Waals surface area contributed by atoms with Crippen LogP contribution in [0.5, 0.6) is 0 Å². The molecule has 2 heterocycles. The number of fused-ring (bicyclic) bond motifs is 1. The van der Waals surface area contributed by atoms with Crippen LogP contribution in [0.25, 0.3) is 11.4 Å². The zero-order valence-corrected chi connectivity index (χ0v) is 18.9. The van der Waals surface area contributed by atoms with Gasteiger partial charge in [-0.15, -0.1) is 0 Å². The van der Waals surface area contributed by atoms with Gasteiger partial charge in [-0.1, -0.05) is 51.1 Å². The molecule has 0 saturated heterocycles. The van der Waals surface area contributed by atoms with Gasteiger partial charge in [-0.2, -0.15) is 0 Å². The van der Waals surface area contributed by atoms with E-state index in [1.807, 2.05) is 58.2 Å². The molecule has 3 rings (SSSR count). The van der Waals surface area contributed by atoms with Crippen LogP contribution in [-0.2, 0) is 17.9 Å². The molecule has 0 unspecified atom stereocenters. The number of amides is 1. The first-order chi connectivity index (χ1) is 14.7. The van der Waals surface area contributed by atoms with Crippen molar-refractivity contribution < 1.29 is 14.0 Å². The van der Waals surface area contributed by atoms with Crippen LogP contribution in [-0.4, -0.2) is 53.0 Å². The summed E-state index contributed by atoms with van der Waals surface area (Å²) in [7, 11) is 2.04. The Morgan fingerprint density at radius 2 is 1.90 bits per heavy atom. The standard InChI is InChI=1S/C24H33FN4O2/c1-24(2,3)18(23(31)26-12-11-25)15-20(30)21-19-16-28(4)13-8-14-29(19)22(27-21)17-9-6-5-7-10-17/h5-7,9-10,18H,8,11-16H2,1-4H3,(H,26,31)/t18-/m1/s1. The molecule has 31 heavy (non-hydrogen) atoms. The van der Waals surface area contributed by atoms with Gasteiger partial charge in [0, 0.05) is 31.6 Å². The minimum atomic E-state index is -0.627. The molecule has 0 bridgehead atoms. The lowest BCUT2D eigenvalue weighted by molar-refractivity contribution is -0.128. The summed E-state index contributed by atoms with van der Waals surface area (Å²) in [5.41, 5.74) is 1.88. The second-order valence-electron chi connectivity index (χ2n) is 9.37. The number of nitrogens with zero attached hydrogens (tertiary/aromatic N) is 3. The van der Waals surface area contributed by atoms with Crippen LogP contribution in [0.2, 0.25) is 0 Å². The maximum absolute atomic E-state index is 13.5. The summed E-state index contributed by atoms with van der Waals surface area (Å²) < 4.78 is 14.7. The highest BCUT2D eigenvalue weighted by molar-refractivity contribution is 5.99. The number of nitrogens with one attached hydrogen (secondary N) is 1. The molecule has 1 aromatic carbocycles. The summed E-state index contributed by atoms with van der Waals surface area (Å²) in [6, 6.07) is 9.89. The van der Waals surface area contributed by atoms with Crippen LogP contribution in [0.4, 0.5) is 4.39 Å². The second kappa shape index (κ2) is 9.73. The van der Waals surface area contributed by atoms with Crippen molar-refractivity contribution in [1.29, 1.82) is 0 Å². The van der Waals surface area contributed by atoms with Crippen molar-refractivity contribution in [3.63, 3.8) is 0 Å². The molecule has 0 spiro atoms. The molecule has 6 nitrogen and oxygen atoms in total. The molecule has 1 N–H and O–H groups in total. The SMILES string of the molecule is CN1CCCn2c(-c3ccccc3)nc(C(=O)C[C@H](C(=O)NCCF)C(C)(C)C)c2C1. The van der Waals surface area contributed by atoms with Crippen molar-refractivity contribution in [1.82, 2.24) is 19.8 Å². The van der Waals surface area contributed by atoms with Gasteiger partial charge in [0.05, 0.1) is 11.6 Å². The molecule has 1 atom stereocenters. The summed E-state index contributed by atoms with van der Waals surface area (Å²) >= 11 is 0. The lowest BCUT2D eigenvalue weighted by Gasteiger charge is -2.29. The van der Waals surface area contributed by atoms with Gasteiger partial charge in [-0.3, -0.25) is 9.59 Å². The molecule has 168 valence electrons. The number of benzene rings is 1. The topological polar surface area (TPSA) is 67.2 Å². The number of ketones is 1. The number of imidazole rings is 1. The number of carbonyl (C=O) groups is 2. The fourth-order valence-corrected chi connectivity index (χ4v) is 4.12. The number of carbonyl (C=O) groups excluding carboxylic acids is 2. The number of rotatable bonds is 7. The predicted octanol–water partition coefficient (Wildman–Crippen LogP) is 3.71. The third kappa shape index (κ3) is 5.39. The fourth-order valence-electron chi connectivity index (χ4n) is 4.12. The van der Waals surface area contributed by atoms with E-state index in [0.717, 1.165) is 36.6 Å². The molecule has 2 aromatic rings. The molecule has 7 heteroatoms. The number of aromatic nitrogens is 2. The summed E-state index contributed by atoms with van der Waals surface area (Å²) in [5, 5.41) is 2.61. The van der Waals surface area contributed by atoms with Crippen molar-refractivity contribution in [3.8, 4) is 11.4 Å². The number of halogens is 1. The highest BCUT2D eigenvalue weighted by Crippen LogP contribution is 2.32. The molecule has 0 saturated carbocycles. The van der Waals surface area contributed by atoms with Gasteiger partial charge in [0.25, 0.3) is 0 Å². The summed E-state index contributed by atoms with van der Waals surface area (Å²) in [6.07, 6.45) is 1.02. The van der Waals surface area contributed by atoms with Crippen LogP contribution in [0.3, 0.4) is 0 Å². The number of hydrogen-bond donors (Lipinski definition) is 1. The third-order valence-corrected chi connectivity index (χ3v) is 5.86. The Morgan fingerprint density at radius 3 is 2.55 bits per heavy atom. The van der Waals surface area contributed by atoms with Crippen LogP contribution in [0, 0.1) is 11.3 Å². The quantitative estimate of drug-likeness (QED) is 0.683. The zero-order valence-electron chi connectivity index (χ0n) is 18.9. The molecule has 0 radical (unpaired) electrons. The van der Waals surface area contributed by atoms with Crippen molar-refractivity contribution in [2.45, 2.75) is 46.7 Å². The summed E-state index contributed by atoms with van der Waals surface area (Å²) in [4.78, 5) is 33.1. The molecule has 1 amide bonds. The highest BCUT2D eigenvalue weighted by Gasteiger charge is 2.35. The summed E-state index contributed by atoms with van der Waals surface area (Å²) in [5.74, 6) is -0.197. The Kier molecular flexibility index (Phi) is 7.26. The molecule has 1 aliphatic heterocycles. The van der Waals surface area contributed by atoms with Crippen molar-refractivity contribution >= 4 is 11.7 Å². The normalized spacial score (nSPS) is 15.8. The van der Waals surface area contributed by atoms with Gasteiger partial charge >= 0.3 is 0 Å². The number of alkyl halides is 1. The van der Waals surface area contributed by atoms with Crippen LogP contribution in [0.1, 0.15) is 49.8 Å². The minimum absolute atomic E-state index is 0.0393. The second-order valence-corrected chi connectivity index (χ2v) is 9.37. The zero-order chi connectivity index (χ0) is 22.6. The predicted molar refractivity (Wildman–Crippen MR) is 119 cm³/mol. The Bertz CT molecular complexity index is 918. The largest absolute Gasteiger partial charge is 0.353 e. The Balaban J connectivity index is 1.98. The van der Waals surface area contributed by atoms with E-state index in [1.165, 1.54) is 0 Å². The molecule has 1 aliphatic rings. The molecule has 0 fully saturated rings. The van der Waals surface area contributed by atoms with E-state index < -0.39 is 18.0 Å². The number of Topliss-reactive ketones (excluding diaryl/α,β-unsaturated/α-hetero) is 1. The van der Waals surface area contributed by atoms with E-state index >= 15 is 0 Å². The van der Waals surface area contributed by atoms with E-state index in [2.05, 4.69) is 14.8 Å². The van der Waals surface area contributed by atoms with Crippen molar-refractivity contribution in [2.75, 3.05) is 26.8 Å². The monoisotopic (exact) mass is 428 g/mol. The summed E-state index contributed by atoms with van der Waals surface area (Å²) in [6.45, 7) is 7.49. The lowest BCUT2D eigenvalue weighted by atomic mass is 9.77. The molecule has 0 aliphatic carbocycles. The van der Waals surface area contributed by atoms with E-state index in [0.29, 0.717) is 12.2 Å². The van der Waals surface area contributed by atoms with Crippen LogP contribution < -0.4 is 5.32 Å². The van der Waals surface area contributed by atoms with E-state index in [4.69, 9.17) is 4.98 Å². The van der Waals surface area contributed by atoms with Gasteiger partial charge in [-0.05, 0) is 25.4 Å². The van der Waals surface area contributed by atoms with Gasteiger partial charge in [-0.25, -0.2) is 9.37 Å². The van der Waals surface area contributed by atoms with Crippen LogP contribution >= 0.6 is 0 Å². The fraction of sp³-hybridized carbons (Fsp3) is 0.542. The maximum Gasteiger partial charge on any atom is 0.224 e. The van der Waals surface area contributed by atoms with Crippen LogP contribution in [0.15, 0.2) is 30.3 Å². The van der Waals surface area contributed by atoms with E-state index in [-0.39, 0.29) is 24.7 Å². The molecule has 1 aromatic heterocycles. The molecular formula is C24H33FN4O2. The van der Waals surface area contributed by atoms with E-state index in [9.17, 15) is 14.0 Å². The first-order valence-corrected chi connectivity index (χ1v) is 10.9. The highest BCUT2D eigenvalue weighted by atomic mass is 19.1. The van der Waals surface area contributed by atoms with Crippen molar-refractivity contribution in [2.24, 2.45) is 11.3 Å². The number of hydrogen-bond acceptors (Lipinski definition) is 4. The van der Waals surface area contributed by atoms with E-state index in [1.54, 1.807) is 0 Å². The van der Waals surface area contributed by atoms with Gasteiger partial charge < -0.3 is 14.8 Å².